The summed E-state index contributed by atoms with van der Waals surface area (Å²) in [6, 6.07) is 10.2. The number of hydrogen-bond donors (Lipinski definition) is 0. The smallest absolute Gasteiger partial charge is 0.416 e. The van der Waals surface area contributed by atoms with Crippen molar-refractivity contribution in [1.82, 2.24) is 14.8 Å². The normalized spacial score (nSPS) is 20.8. The van der Waals surface area contributed by atoms with Crippen molar-refractivity contribution < 1.29 is 31.5 Å². The molecule has 6 nitrogen and oxygen atoms in total. The molecule has 0 saturated carbocycles. The molecule has 0 bridgehead atoms. The van der Waals surface area contributed by atoms with Gasteiger partial charge in [0.15, 0.2) is 5.89 Å². The molecule has 0 radical (unpaired) electrons. The summed E-state index contributed by atoms with van der Waals surface area (Å²) in [6.45, 7) is 3.82. The molecule has 2 aromatic carbocycles. The number of halogens is 4. The van der Waals surface area contributed by atoms with E-state index in [9.17, 15) is 22.4 Å². The summed E-state index contributed by atoms with van der Waals surface area (Å²) in [6.07, 6.45) is -2.58. The van der Waals surface area contributed by atoms with E-state index in [-0.39, 0.29) is 30.0 Å². The molecule has 2 atom stereocenters. The van der Waals surface area contributed by atoms with E-state index in [0.29, 0.717) is 62.0 Å². The molecule has 2 fully saturated rings. The number of benzene rings is 2. The summed E-state index contributed by atoms with van der Waals surface area (Å²) in [5.41, 5.74) is 0.994. The first-order chi connectivity index (χ1) is 17.7. The Labute approximate surface area is 211 Å². The zero-order valence-corrected chi connectivity index (χ0v) is 20.3. The molecule has 0 spiro atoms. The first kappa shape index (κ1) is 25.3. The summed E-state index contributed by atoms with van der Waals surface area (Å²) in [5.74, 6) is -0.731. The number of piperidine rings is 1. The molecule has 2 aliphatic rings. The molecule has 1 aromatic heterocycles. The Morgan fingerprint density at radius 2 is 1.78 bits per heavy atom. The SMILES string of the molecule is Cc1ccc(C2CC(c3nc(-c4cccc(F)c4)co3)CN(C(=O)N3CCOCC3)C2)cc1C(F)(F)F. The highest BCUT2D eigenvalue weighted by Crippen LogP contribution is 2.39. The number of carbonyl (C=O) groups excluding carboxylic acids is 1. The van der Waals surface area contributed by atoms with Crippen LogP contribution in [0.2, 0.25) is 0 Å². The number of likely N-dealkylation sites (tertiary alicyclic amines) is 1. The van der Waals surface area contributed by atoms with Crippen LogP contribution in [0.25, 0.3) is 11.3 Å². The third-order valence-corrected chi connectivity index (χ3v) is 7.03. The number of rotatable bonds is 3. The van der Waals surface area contributed by atoms with Gasteiger partial charge in [0.1, 0.15) is 17.8 Å². The van der Waals surface area contributed by atoms with Crippen molar-refractivity contribution in [2.24, 2.45) is 0 Å². The number of aryl methyl sites for hydroxylation is 1. The van der Waals surface area contributed by atoms with Crippen LogP contribution in [0, 0.1) is 12.7 Å². The third-order valence-electron chi connectivity index (χ3n) is 7.03. The Kier molecular flexibility index (Phi) is 6.94. The van der Waals surface area contributed by atoms with E-state index < -0.39 is 17.6 Å². The van der Waals surface area contributed by atoms with Gasteiger partial charge in [-0.05, 0) is 42.7 Å². The average molecular weight is 518 g/mol. The highest BCUT2D eigenvalue weighted by Gasteiger charge is 2.38. The van der Waals surface area contributed by atoms with E-state index in [1.54, 1.807) is 28.0 Å². The molecule has 37 heavy (non-hydrogen) atoms. The van der Waals surface area contributed by atoms with Crippen LogP contribution in [0.5, 0.6) is 0 Å². The number of amides is 2. The average Bonchev–Trinajstić information content (AvgIpc) is 3.39. The molecule has 5 rings (SSSR count). The minimum atomic E-state index is -4.47. The van der Waals surface area contributed by atoms with Gasteiger partial charge in [-0.1, -0.05) is 24.3 Å². The fraction of sp³-hybridized carbons (Fsp3) is 0.407. The van der Waals surface area contributed by atoms with Gasteiger partial charge in [0.05, 0.1) is 24.7 Å². The minimum Gasteiger partial charge on any atom is -0.448 e. The topological polar surface area (TPSA) is 58.8 Å². The van der Waals surface area contributed by atoms with Crippen LogP contribution in [-0.2, 0) is 10.9 Å². The minimum absolute atomic E-state index is 0.150. The van der Waals surface area contributed by atoms with E-state index in [1.165, 1.54) is 37.5 Å². The van der Waals surface area contributed by atoms with E-state index >= 15 is 0 Å². The fourth-order valence-electron chi connectivity index (χ4n) is 5.08. The number of carbonyl (C=O) groups is 1. The molecule has 0 N–H and O–H groups in total. The summed E-state index contributed by atoms with van der Waals surface area (Å²) in [4.78, 5) is 21.3. The number of aromatic nitrogens is 1. The molecule has 2 aliphatic heterocycles. The second kappa shape index (κ2) is 10.2. The van der Waals surface area contributed by atoms with Crippen molar-refractivity contribution in [2.45, 2.75) is 31.4 Å². The van der Waals surface area contributed by atoms with Crippen LogP contribution >= 0.6 is 0 Å². The quantitative estimate of drug-likeness (QED) is 0.410. The summed E-state index contributed by atoms with van der Waals surface area (Å²) in [5, 5.41) is 0. The number of urea groups is 1. The maximum atomic E-state index is 13.7. The Morgan fingerprint density at radius 3 is 2.51 bits per heavy atom. The number of ether oxygens (including phenoxy) is 1. The van der Waals surface area contributed by atoms with Gasteiger partial charge >= 0.3 is 12.2 Å². The highest BCUT2D eigenvalue weighted by atomic mass is 19.4. The zero-order chi connectivity index (χ0) is 26.2. The van der Waals surface area contributed by atoms with Crippen LogP contribution in [0.3, 0.4) is 0 Å². The van der Waals surface area contributed by atoms with Crippen molar-refractivity contribution in [3.05, 3.63) is 77.1 Å². The molecule has 10 heteroatoms. The third kappa shape index (κ3) is 5.49. The Morgan fingerprint density at radius 1 is 1.03 bits per heavy atom. The van der Waals surface area contributed by atoms with Crippen LogP contribution < -0.4 is 0 Å². The van der Waals surface area contributed by atoms with Gasteiger partial charge in [-0.3, -0.25) is 0 Å². The van der Waals surface area contributed by atoms with Crippen molar-refractivity contribution in [2.75, 3.05) is 39.4 Å². The van der Waals surface area contributed by atoms with E-state index in [1.807, 2.05) is 0 Å². The van der Waals surface area contributed by atoms with Gasteiger partial charge in [0, 0.05) is 37.7 Å². The van der Waals surface area contributed by atoms with Gasteiger partial charge in [-0.2, -0.15) is 13.2 Å². The maximum absolute atomic E-state index is 13.7. The molecule has 196 valence electrons. The van der Waals surface area contributed by atoms with Crippen LogP contribution in [0.1, 0.15) is 40.8 Å². The predicted molar refractivity (Wildman–Crippen MR) is 128 cm³/mol. The molecule has 0 aliphatic carbocycles. The Bertz CT molecular complexity index is 1270. The molecular weight excluding hydrogens is 490 g/mol. The number of morpholine rings is 1. The first-order valence-electron chi connectivity index (χ1n) is 12.2. The van der Waals surface area contributed by atoms with E-state index in [4.69, 9.17) is 9.15 Å². The largest absolute Gasteiger partial charge is 0.448 e. The monoisotopic (exact) mass is 517 g/mol. The molecule has 3 aromatic rings. The van der Waals surface area contributed by atoms with Crippen molar-refractivity contribution in [1.29, 1.82) is 0 Å². The predicted octanol–water partition coefficient (Wildman–Crippen LogP) is 5.83. The number of hydrogen-bond acceptors (Lipinski definition) is 4. The lowest BCUT2D eigenvalue weighted by atomic mass is 9.83. The van der Waals surface area contributed by atoms with Crippen LogP contribution in [0.15, 0.2) is 53.1 Å². The van der Waals surface area contributed by atoms with Crippen molar-refractivity contribution >= 4 is 6.03 Å². The molecule has 2 amide bonds. The molecular formula is C27H27F4N3O3. The summed E-state index contributed by atoms with van der Waals surface area (Å²) >= 11 is 0. The Balaban J connectivity index is 1.46. The molecule has 2 unspecified atom stereocenters. The maximum Gasteiger partial charge on any atom is 0.416 e. The van der Waals surface area contributed by atoms with E-state index in [0.717, 1.165) is 0 Å². The lowest BCUT2D eigenvalue weighted by Gasteiger charge is -2.40. The van der Waals surface area contributed by atoms with Gasteiger partial charge in [-0.25, -0.2) is 14.2 Å². The second-order valence-corrected chi connectivity index (χ2v) is 9.57. The standard InChI is InChI=1S/C27H27F4N3O3/c1-17-5-6-18(13-23(17)27(29,30)31)20-11-21(15-34(14-20)26(35)33-7-9-36-10-8-33)25-32-24(16-37-25)19-3-2-4-22(28)12-19/h2-6,12-13,16,20-21H,7-11,14-15H2,1H3. The van der Waals surface area contributed by atoms with Crippen LogP contribution in [-0.4, -0.2) is 60.2 Å². The Hall–Kier alpha value is -3.40. The lowest BCUT2D eigenvalue weighted by molar-refractivity contribution is -0.138. The number of nitrogens with zero attached hydrogens (tertiary/aromatic N) is 3. The van der Waals surface area contributed by atoms with Gasteiger partial charge in [0.2, 0.25) is 0 Å². The summed E-state index contributed by atoms with van der Waals surface area (Å²) < 4.78 is 65.8. The van der Waals surface area contributed by atoms with Gasteiger partial charge in [-0.15, -0.1) is 0 Å². The fourth-order valence-corrected chi connectivity index (χ4v) is 5.08. The van der Waals surface area contributed by atoms with Gasteiger partial charge < -0.3 is 19.0 Å². The van der Waals surface area contributed by atoms with E-state index in [2.05, 4.69) is 4.98 Å². The molecule has 2 saturated heterocycles. The second-order valence-electron chi connectivity index (χ2n) is 9.57. The van der Waals surface area contributed by atoms with Gasteiger partial charge in [0.25, 0.3) is 0 Å². The lowest BCUT2D eigenvalue weighted by Crippen LogP contribution is -2.52. The number of alkyl halides is 3. The first-order valence-corrected chi connectivity index (χ1v) is 12.2. The van der Waals surface area contributed by atoms with Crippen LogP contribution in [0.4, 0.5) is 22.4 Å². The number of oxazole rings is 1. The highest BCUT2D eigenvalue weighted by molar-refractivity contribution is 5.75. The summed E-state index contributed by atoms with van der Waals surface area (Å²) in [7, 11) is 0. The van der Waals surface area contributed by atoms with Crippen molar-refractivity contribution in [3.63, 3.8) is 0 Å². The molecule has 3 heterocycles. The zero-order valence-electron chi connectivity index (χ0n) is 20.3. The van der Waals surface area contributed by atoms with Crippen molar-refractivity contribution in [3.8, 4) is 11.3 Å².